The number of carbonyl (C=O) groups is 1. The average molecular weight is 385 g/mol. The van der Waals surface area contributed by atoms with Crippen molar-refractivity contribution in [2.45, 2.75) is 13.5 Å². The summed E-state index contributed by atoms with van der Waals surface area (Å²) in [5.74, 6) is 0.200. The minimum absolute atomic E-state index is 0.0415. The number of benzene rings is 2. The summed E-state index contributed by atoms with van der Waals surface area (Å²) in [6.07, 6.45) is 1.58. The lowest BCUT2D eigenvalue weighted by atomic mass is 10.1. The van der Waals surface area contributed by atoms with Gasteiger partial charge in [-0.1, -0.05) is 29.8 Å². The van der Waals surface area contributed by atoms with Gasteiger partial charge in [0.2, 0.25) is 0 Å². The van der Waals surface area contributed by atoms with Crippen LogP contribution in [0, 0.1) is 5.82 Å². The largest absolute Gasteiger partial charge is 0.494 e. The topological polar surface area (TPSA) is 42.4 Å². The lowest BCUT2D eigenvalue weighted by molar-refractivity contribution is 0.0983. The van der Waals surface area contributed by atoms with Crippen molar-refractivity contribution >= 4 is 23.3 Å². The SMILES string of the molecule is CCOc1cccc(C(=O)N(Cc2c(F)cccc2Cl)c2ccccn2)c1. The molecule has 0 saturated carbocycles. The van der Waals surface area contributed by atoms with Crippen molar-refractivity contribution in [1.82, 2.24) is 4.98 Å². The number of rotatable bonds is 6. The van der Waals surface area contributed by atoms with E-state index >= 15 is 0 Å². The van der Waals surface area contributed by atoms with Crippen molar-refractivity contribution in [2.24, 2.45) is 0 Å². The molecule has 4 nitrogen and oxygen atoms in total. The first-order valence-corrected chi connectivity index (χ1v) is 8.86. The van der Waals surface area contributed by atoms with Crippen LogP contribution in [0.4, 0.5) is 10.2 Å². The molecule has 0 fully saturated rings. The molecular weight excluding hydrogens is 367 g/mol. The molecule has 0 aliphatic carbocycles. The zero-order valence-electron chi connectivity index (χ0n) is 14.7. The van der Waals surface area contributed by atoms with Gasteiger partial charge in [-0.15, -0.1) is 0 Å². The van der Waals surface area contributed by atoms with Crippen molar-refractivity contribution in [3.63, 3.8) is 0 Å². The molecule has 1 heterocycles. The summed E-state index contributed by atoms with van der Waals surface area (Å²) < 4.78 is 19.8. The van der Waals surface area contributed by atoms with E-state index < -0.39 is 5.82 Å². The van der Waals surface area contributed by atoms with Crippen LogP contribution in [-0.4, -0.2) is 17.5 Å². The molecule has 0 aliphatic rings. The number of amides is 1. The smallest absolute Gasteiger partial charge is 0.259 e. The zero-order valence-corrected chi connectivity index (χ0v) is 15.5. The van der Waals surface area contributed by atoms with Crippen molar-refractivity contribution in [3.8, 4) is 5.75 Å². The van der Waals surface area contributed by atoms with Crippen molar-refractivity contribution in [3.05, 3.63) is 88.8 Å². The molecule has 1 aromatic heterocycles. The Labute approximate surface area is 162 Å². The fraction of sp³-hybridized carbons (Fsp3) is 0.143. The minimum atomic E-state index is -0.473. The molecule has 0 aliphatic heterocycles. The van der Waals surface area contributed by atoms with Crippen LogP contribution in [0.15, 0.2) is 66.9 Å². The first kappa shape index (κ1) is 18.9. The Hall–Kier alpha value is -2.92. The average Bonchev–Trinajstić information content (AvgIpc) is 2.68. The number of aromatic nitrogens is 1. The van der Waals surface area contributed by atoms with E-state index in [1.807, 2.05) is 6.92 Å². The Morgan fingerprint density at radius 2 is 1.96 bits per heavy atom. The Morgan fingerprint density at radius 3 is 2.67 bits per heavy atom. The second kappa shape index (κ2) is 8.64. The summed E-state index contributed by atoms with van der Waals surface area (Å²) in [7, 11) is 0. The summed E-state index contributed by atoms with van der Waals surface area (Å²) in [6, 6.07) is 16.5. The third-order valence-electron chi connectivity index (χ3n) is 3.94. The number of nitrogens with zero attached hydrogens (tertiary/aromatic N) is 2. The van der Waals surface area contributed by atoms with Crippen LogP contribution in [0.2, 0.25) is 5.02 Å². The van der Waals surface area contributed by atoms with Gasteiger partial charge in [0.1, 0.15) is 17.4 Å². The highest BCUT2D eigenvalue weighted by molar-refractivity contribution is 6.31. The first-order valence-electron chi connectivity index (χ1n) is 8.48. The maximum absolute atomic E-state index is 14.3. The molecule has 0 unspecified atom stereocenters. The third-order valence-corrected chi connectivity index (χ3v) is 4.29. The van der Waals surface area contributed by atoms with Gasteiger partial charge in [0.15, 0.2) is 0 Å². The highest BCUT2D eigenvalue weighted by Gasteiger charge is 2.22. The number of hydrogen-bond donors (Lipinski definition) is 0. The maximum atomic E-state index is 14.3. The molecule has 1 amide bonds. The van der Waals surface area contributed by atoms with Crippen LogP contribution in [0.25, 0.3) is 0 Å². The van der Waals surface area contributed by atoms with Gasteiger partial charge in [0.25, 0.3) is 5.91 Å². The number of hydrogen-bond acceptors (Lipinski definition) is 3. The van der Waals surface area contributed by atoms with E-state index in [1.165, 1.54) is 17.0 Å². The van der Waals surface area contributed by atoms with Gasteiger partial charge >= 0.3 is 0 Å². The Morgan fingerprint density at radius 1 is 1.15 bits per heavy atom. The van der Waals surface area contributed by atoms with E-state index in [9.17, 15) is 9.18 Å². The lowest BCUT2D eigenvalue weighted by Gasteiger charge is -2.23. The fourth-order valence-corrected chi connectivity index (χ4v) is 2.88. The van der Waals surface area contributed by atoms with Gasteiger partial charge in [0.05, 0.1) is 13.2 Å². The Kier molecular flexibility index (Phi) is 6.04. The van der Waals surface area contributed by atoms with E-state index in [-0.39, 0.29) is 23.0 Å². The number of halogens is 2. The highest BCUT2D eigenvalue weighted by Crippen LogP contribution is 2.25. The molecule has 0 spiro atoms. The van der Waals surface area contributed by atoms with Crippen molar-refractivity contribution < 1.29 is 13.9 Å². The Bertz CT molecular complexity index is 914. The lowest BCUT2D eigenvalue weighted by Crippen LogP contribution is -2.31. The first-order chi connectivity index (χ1) is 13.1. The summed E-state index contributed by atoms with van der Waals surface area (Å²) in [5, 5.41) is 0.256. The number of pyridine rings is 1. The summed E-state index contributed by atoms with van der Waals surface area (Å²) in [4.78, 5) is 18.8. The van der Waals surface area contributed by atoms with Gasteiger partial charge < -0.3 is 4.74 Å². The number of ether oxygens (including phenoxy) is 1. The van der Waals surface area contributed by atoms with E-state index in [0.29, 0.717) is 23.7 Å². The van der Waals surface area contributed by atoms with Gasteiger partial charge in [-0.25, -0.2) is 9.37 Å². The van der Waals surface area contributed by atoms with Crippen LogP contribution in [0.5, 0.6) is 5.75 Å². The van der Waals surface area contributed by atoms with Crippen molar-refractivity contribution in [2.75, 3.05) is 11.5 Å². The fourth-order valence-electron chi connectivity index (χ4n) is 2.65. The molecule has 138 valence electrons. The molecular formula is C21H18ClFN2O2. The second-order valence-corrected chi connectivity index (χ2v) is 6.15. The highest BCUT2D eigenvalue weighted by atomic mass is 35.5. The predicted octanol–water partition coefficient (Wildman–Crippen LogP) is 5.12. The van der Waals surface area contributed by atoms with Crippen LogP contribution < -0.4 is 9.64 Å². The normalized spacial score (nSPS) is 10.5. The molecule has 0 radical (unpaired) electrons. The van der Waals surface area contributed by atoms with E-state index in [4.69, 9.17) is 16.3 Å². The quantitative estimate of drug-likeness (QED) is 0.592. The molecule has 27 heavy (non-hydrogen) atoms. The van der Waals surface area contributed by atoms with E-state index in [1.54, 1.807) is 54.7 Å². The van der Waals surface area contributed by atoms with Crippen LogP contribution in [0.3, 0.4) is 0 Å². The molecule has 0 saturated heterocycles. The van der Waals surface area contributed by atoms with Crippen LogP contribution in [0.1, 0.15) is 22.8 Å². The van der Waals surface area contributed by atoms with Crippen LogP contribution in [-0.2, 0) is 6.54 Å². The summed E-state index contributed by atoms with van der Waals surface area (Å²) >= 11 is 6.16. The predicted molar refractivity (Wildman–Crippen MR) is 104 cm³/mol. The Balaban J connectivity index is 2.00. The van der Waals surface area contributed by atoms with E-state index in [2.05, 4.69) is 4.98 Å². The third kappa shape index (κ3) is 4.44. The summed E-state index contributed by atoms with van der Waals surface area (Å²) in [5.41, 5.74) is 0.651. The zero-order chi connectivity index (χ0) is 19.2. The standard InChI is InChI=1S/C21H18ClFN2O2/c1-2-27-16-8-5-7-15(13-16)21(26)25(20-11-3-4-12-24-20)14-17-18(22)9-6-10-19(17)23/h3-13H,2,14H2,1H3. The van der Waals surface area contributed by atoms with Crippen LogP contribution >= 0.6 is 11.6 Å². The second-order valence-electron chi connectivity index (χ2n) is 5.74. The molecule has 0 N–H and O–H groups in total. The van der Waals surface area contributed by atoms with Crippen molar-refractivity contribution in [1.29, 1.82) is 0 Å². The minimum Gasteiger partial charge on any atom is -0.494 e. The molecule has 2 aromatic carbocycles. The molecule has 0 atom stereocenters. The molecule has 3 aromatic rings. The molecule has 0 bridgehead atoms. The van der Waals surface area contributed by atoms with Gasteiger partial charge in [-0.2, -0.15) is 0 Å². The maximum Gasteiger partial charge on any atom is 0.259 e. The number of carbonyl (C=O) groups excluding carboxylic acids is 1. The molecule has 6 heteroatoms. The monoisotopic (exact) mass is 384 g/mol. The van der Waals surface area contributed by atoms with Gasteiger partial charge in [-0.3, -0.25) is 9.69 Å². The van der Waals surface area contributed by atoms with E-state index in [0.717, 1.165) is 0 Å². The molecule has 3 rings (SSSR count). The number of anilines is 1. The van der Waals surface area contributed by atoms with Gasteiger partial charge in [-0.05, 0) is 49.4 Å². The summed E-state index contributed by atoms with van der Waals surface area (Å²) in [6.45, 7) is 2.32. The van der Waals surface area contributed by atoms with Gasteiger partial charge in [0, 0.05) is 22.3 Å².